The predicted octanol–water partition coefficient (Wildman–Crippen LogP) is 0.807. The van der Waals surface area contributed by atoms with Crippen molar-refractivity contribution in [1.82, 2.24) is 10.6 Å². The number of alkyl halides is 3. The van der Waals surface area contributed by atoms with Gasteiger partial charge in [0.05, 0.1) is 0 Å². The van der Waals surface area contributed by atoms with E-state index in [4.69, 9.17) is 0 Å². The Bertz CT molecular complexity index is 199. The molecule has 3 nitrogen and oxygen atoms in total. The third kappa shape index (κ3) is 3.53. The highest BCUT2D eigenvalue weighted by molar-refractivity contribution is 5.81. The van der Waals surface area contributed by atoms with Gasteiger partial charge in [0.1, 0.15) is 0 Å². The molecule has 2 N–H and O–H groups in total. The first-order valence-corrected chi connectivity index (χ1v) is 4.58. The molecule has 1 unspecified atom stereocenters. The zero-order valence-corrected chi connectivity index (χ0v) is 7.66. The molecule has 1 aliphatic heterocycles. The van der Waals surface area contributed by atoms with E-state index in [1.807, 2.05) is 5.32 Å². The van der Waals surface area contributed by atoms with E-state index in [1.54, 1.807) is 0 Å². The second kappa shape index (κ2) is 4.63. The van der Waals surface area contributed by atoms with Crippen LogP contribution >= 0.6 is 0 Å². The van der Waals surface area contributed by atoms with Crippen molar-refractivity contribution in [3.63, 3.8) is 0 Å². The van der Waals surface area contributed by atoms with Crippen molar-refractivity contribution < 1.29 is 18.0 Å². The van der Waals surface area contributed by atoms with Crippen LogP contribution in [0.4, 0.5) is 13.2 Å². The van der Waals surface area contributed by atoms with E-state index in [0.717, 1.165) is 25.8 Å². The zero-order valence-electron chi connectivity index (χ0n) is 7.66. The molecule has 82 valence electrons. The molecule has 0 aliphatic carbocycles. The first-order valence-electron chi connectivity index (χ1n) is 4.58. The molecule has 14 heavy (non-hydrogen) atoms. The third-order valence-corrected chi connectivity index (χ3v) is 2.18. The molecule has 0 bridgehead atoms. The van der Waals surface area contributed by atoms with Crippen LogP contribution in [0.1, 0.15) is 19.3 Å². The van der Waals surface area contributed by atoms with Crippen molar-refractivity contribution in [2.24, 2.45) is 0 Å². The summed E-state index contributed by atoms with van der Waals surface area (Å²) in [6.45, 7) is 0.866. The number of carbonyl (C=O) groups is 1. The molecule has 1 fully saturated rings. The van der Waals surface area contributed by atoms with Crippen LogP contribution in [0.15, 0.2) is 0 Å². The van der Waals surface area contributed by atoms with Crippen LogP contribution in [0.3, 0.4) is 0 Å². The van der Waals surface area contributed by atoms with Crippen LogP contribution in [0.25, 0.3) is 0 Å². The molecule has 0 radical (unpaired) electrons. The lowest BCUT2D eigenvalue weighted by Gasteiger charge is -2.23. The Morgan fingerprint density at radius 2 is 2.14 bits per heavy atom. The molecule has 1 atom stereocenters. The Hall–Kier alpha value is -0.780. The second-order valence-corrected chi connectivity index (χ2v) is 3.35. The van der Waals surface area contributed by atoms with Gasteiger partial charge in [-0.2, -0.15) is 13.2 Å². The Balaban J connectivity index is 2.22. The second-order valence-electron chi connectivity index (χ2n) is 3.35. The van der Waals surface area contributed by atoms with Gasteiger partial charge < -0.3 is 10.6 Å². The molecule has 6 heteroatoms. The molecule has 1 rings (SSSR count). The highest BCUT2D eigenvalue weighted by Gasteiger charge is 2.38. The van der Waals surface area contributed by atoms with Gasteiger partial charge in [0, 0.05) is 12.6 Å². The Labute approximate surface area is 80.0 Å². The molecule has 0 aromatic heterocycles. The van der Waals surface area contributed by atoms with E-state index in [0.29, 0.717) is 0 Å². The summed E-state index contributed by atoms with van der Waals surface area (Å²) < 4.78 is 35.3. The maximum absolute atomic E-state index is 11.8. The molecule has 0 saturated carbocycles. The lowest BCUT2D eigenvalue weighted by Crippen LogP contribution is -2.46. The van der Waals surface area contributed by atoms with Crippen LogP contribution in [0.5, 0.6) is 0 Å². The molecule has 0 aromatic rings. The van der Waals surface area contributed by atoms with E-state index in [2.05, 4.69) is 5.32 Å². The minimum Gasteiger partial charge on any atom is -0.347 e. The van der Waals surface area contributed by atoms with Gasteiger partial charge in [-0.3, -0.25) is 4.79 Å². The molecular weight excluding hydrogens is 197 g/mol. The predicted molar refractivity (Wildman–Crippen MR) is 44.7 cm³/mol. The van der Waals surface area contributed by atoms with Gasteiger partial charge in [0.2, 0.25) is 0 Å². The minimum atomic E-state index is -4.77. The van der Waals surface area contributed by atoms with Gasteiger partial charge >= 0.3 is 12.1 Å². The average Bonchev–Trinajstić information content (AvgIpc) is 2.14. The summed E-state index contributed by atoms with van der Waals surface area (Å²) >= 11 is 0. The summed E-state index contributed by atoms with van der Waals surface area (Å²) in [5.74, 6) is -1.86. The molecule has 1 amide bonds. The van der Waals surface area contributed by atoms with Gasteiger partial charge in [-0.25, -0.2) is 0 Å². The van der Waals surface area contributed by atoms with Gasteiger partial charge in [0.25, 0.3) is 0 Å². The Morgan fingerprint density at radius 3 is 2.64 bits per heavy atom. The Kier molecular flexibility index (Phi) is 3.74. The maximum atomic E-state index is 11.8. The number of carbonyl (C=O) groups excluding carboxylic acids is 1. The fraction of sp³-hybridized carbons (Fsp3) is 0.875. The van der Waals surface area contributed by atoms with E-state index < -0.39 is 12.1 Å². The first-order chi connectivity index (χ1) is 6.50. The van der Waals surface area contributed by atoms with Gasteiger partial charge in [0.15, 0.2) is 0 Å². The standard InChI is InChI=1S/C8H13F3N2O/c9-8(10,11)7(14)13-5-6-3-1-2-4-12-6/h6,12H,1-5H2,(H,13,14). The van der Waals surface area contributed by atoms with E-state index in [1.165, 1.54) is 0 Å². The van der Waals surface area contributed by atoms with Crippen molar-refractivity contribution >= 4 is 5.91 Å². The van der Waals surface area contributed by atoms with Crippen LogP contribution in [0, 0.1) is 0 Å². The molecule has 1 heterocycles. The number of nitrogens with one attached hydrogen (secondary N) is 2. The van der Waals surface area contributed by atoms with Crippen LogP contribution < -0.4 is 10.6 Å². The van der Waals surface area contributed by atoms with Crippen molar-refractivity contribution in [2.75, 3.05) is 13.1 Å². The molecule has 1 saturated heterocycles. The maximum Gasteiger partial charge on any atom is 0.471 e. The fourth-order valence-corrected chi connectivity index (χ4v) is 1.41. The number of hydrogen-bond acceptors (Lipinski definition) is 2. The minimum absolute atomic E-state index is 0.0185. The van der Waals surface area contributed by atoms with E-state index in [9.17, 15) is 18.0 Å². The lowest BCUT2D eigenvalue weighted by molar-refractivity contribution is -0.173. The van der Waals surface area contributed by atoms with Gasteiger partial charge in [-0.1, -0.05) is 6.42 Å². The number of piperidine rings is 1. The lowest BCUT2D eigenvalue weighted by atomic mass is 10.1. The summed E-state index contributed by atoms with van der Waals surface area (Å²) in [4.78, 5) is 10.4. The highest BCUT2D eigenvalue weighted by atomic mass is 19.4. The van der Waals surface area contributed by atoms with Gasteiger partial charge in [-0.15, -0.1) is 0 Å². The number of amides is 1. The smallest absolute Gasteiger partial charge is 0.347 e. The largest absolute Gasteiger partial charge is 0.471 e. The van der Waals surface area contributed by atoms with Crippen LogP contribution in [-0.4, -0.2) is 31.2 Å². The average molecular weight is 210 g/mol. The van der Waals surface area contributed by atoms with Crippen molar-refractivity contribution in [2.45, 2.75) is 31.5 Å². The van der Waals surface area contributed by atoms with Gasteiger partial charge in [-0.05, 0) is 19.4 Å². The number of hydrogen-bond donors (Lipinski definition) is 2. The summed E-state index contributed by atoms with van der Waals surface area (Å²) in [5, 5.41) is 4.91. The summed E-state index contributed by atoms with van der Waals surface area (Å²) in [7, 11) is 0. The quantitative estimate of drug-likeness (QED) is 0.708. The van der Waals surface area contributed by atoms with Crippen LogP contribution in [0.2, 0.25) is 0 Å². The van der Waals surface area contributed by atoms with E-state index in [-0.39, 0.29) is 12.6 Å². The van der Waals surface area contributed by atoms with Crippen molar-refractivity contribution in [3.8, 4) is 0 Å². The Morgan fingerprint density at radius 1 is 1.43 bits per heavy atom. The van der Waals surface area contributed by atoms with Crippen LogP contribution in [-0.2, 0) is 4.79 Å². The van der Waals surface area contributed by atoms with Crippen molar-refractivity contribution in [3.05, 3.63) is 0 Å². The fourth-order valence-electron chi connectivity index (χ4n) is 1.41. The third-order valence-electron chi connectivity index (χ3n) is 2.18. The molecule has 0 aromatic carbocycles. The van der Waals surface area contributed by atoms with Crippen molar-refractivity contribution in [1.29, 1.82) is 0 Å². The van der Waals surface area contributed by atoms with E-state index >= 15 is 0 Å². The topological polar surface area (TPSA) is 41.1 Å². The number of rotatable bonds is 2. The highest BCUT2D eigenvalue weighted by Crippen LogP contribution is 2.14. The zero-order chi connectivity index (χ0) is 10.6. The SMILES string of the molecule is O=C(NCC1CCCCN1)C(F)(F)F. The monoisotopic (exact) mass is 210 g/mol. The molecule has 1 aliphatic rings. The normalized spacial score (nSPS) is 23.2. The number of halogens is 3. The first kappa shape index (κ1) is 11.3. The molecular formula is C8H13F3N2O. The summed E-state index contributed by atoms with van der Waals surface area (Å²) in [5.41, 5.74) is 0. The summed E-state index contributed by atoms with van der Waals surface area (Å²) in [6.07, 6.45) is -1.91. The molecule has 0 spiro atoms. The summed E-state index contributed by atoms with van der Waals surface area (Å²) in [6, 6.07) is -0.0185.